The van der Waals surface area contributed by atoms with Crippen LogP contribution in [0.4, 0.5) is 0 Å². The van der Waals surface area contributed by atoms with E-state index >= 15 is 0 Å². The number of benzene rings is 2. The first-order valence-electron chi connectivity index (χ1n) is 5.35. The highest BCUT2D eigenvalue weighted by molar-refractivity contribution is 7.87. The van der Waals surface area contributed by atoms with Crippen LogP contribution in [0.25, 0.3) is 0 Å². The van der Waals surface area contributed by atoms with Crippen molar-refractivity contribution >= 4 is 33.3 Å². The fourth-order valence-corrected chi connectivity index (χ4v) is 3.02. The quantitative estimate of drug-likeness (QED) is 0.802. The smallest absolute Gasteiger partial charge is 0.340 e. The van der Waals surface area contributed by atoms with Crippen LogP contribution < -0.4 is 4.18 Å². The fraction of sp³-hybridized carbons (Fsp3) is 0.0769. The summed E-state index contributed by atoms with van der Waals surface area (Å²) in [6.07, 6.45) is 0. The topological polar surface area (TPSA) is 43.4 Å². The van der Waals surface area contributed by atoms with Crippen molar-refractivity contribution in [1.82, 2.24) is 0 Å². The fourth-order valence-electron chi connectivity index (χ4n) is 1.49. The minimum absolute atomic E-state index is 0.0655. The van der Waals surface area contributed by atoms with Gasteiger partial charge in [0.15, 0.2) is 0 Å². The van der Waals surface area contributed by atoms with E-state index in [1.165, 1.54) is 18.2 Å². The molecule has 0 aliphatic heterocycles. The molecule has 0 heterocycles. The van der Waals surface area contributed by atoms with Crippen LogP contribution in [-0.4, -0.2) is 8.42 Å². The van der Waals surface area contributed by atoms with E-state index in [1.54, 1.807) is 31.2 Å². The highest BCUT2D eigenvalue weighted by atomic mass is 35.5. The van der Waals surface area contributed by atoms with E-state index in [1.807, 2.05) is 0 Å². The molecule has 6 heteroatoms. The van der Waals surface area contributed by atoms with Gasteiger partial charge >= 0.3 is 10.1 Å². The Morgan fingerprint density at radius 2 is 1.68 bits per heavy atom. The number of hydrogen-bond acceptors (Lipinski definition) is 3. The Hall–Kier alpha value is -1.23. The molecule has 0 atom stereocenters. The van der Waals surface area contributed by atoms with Crippen molar-refractivity contribution in [3.05, 3.63) is 58.1 Å². The summed E-state index contributed by atoms with van der Waals surface area (Å²) in [5.74, 6) is 0.196. The predicted molar refractivity (Wildman–Crippen MR) is 75.5 cm³/mol. The average molecular weight is 317 g/mol. The number of rotatable bonds is 3. The van der Waals surface area contributed by atoms with Crippen molar-refractivity contribution in [3.63, 3.8) is 0 Å². The van der Waals surface area contributed by atoms with E-state index in [2.05, 4.69) is 0 Å². The summed E-state index contributed by atoms with van der Waals surface area (Å²) in [7, 11) is -3.95. The molecule has 0 aliphatic carbocycles. The maximum Gasteiger partial charge on any atom is 0.340 e. The van der Waals surface area contributed by atoms with Gasteiger partial charge in [-0.3, -0.25) is 0 Å². The monoisotopic (exact) mass is 316 g/mol. The first kappa shape index (κ1) is 14.2. The molecule has 0 radical (unpaired) electrons. The Morgan fingerprint density at radius 1 is 1.00 bits per heavy atom. The molecule has 100 valence electrons. The van der Waals surface area contributed by atoms with Gasteiger partial charge in [0.2, 0.25) is 0 Å². The number of hydrogen-bond donors (Lipinski definition) is 0. The third-order valence-corrected chi connectivity index (χ3v) is 4.61. The molecule has 0 spiro atoms. The lowest BCUT2D eigenvalue weighted by molar-refractivity contribution is 0.486. The van der Waals surface area contributed by atoms with Gasteiger partial charge in [0.1, 0.15) is 10.6 Å². The molecule has 0 unspecified atom stereocenters. The predicted octanol–water partition coefficient (Wildman–Crippen LogP) is 4.07. The molecule has 3 nitrogen and oxygen atoms in total. The molecule has 0 amide bonds. The molecule has 0 aliphatic rings. The first-order valence-corrected chi connectivity index (χ1v) is 7.52. The van der Waals surface area contributed by atoms with E-state index in [0.29, 0.717) is 5.02 Å². The molecule has 2 rings (SSSR count). The molecule has 0 saturated heterocycles. The Bertz CT molecular complexity index is 712. The second kappa shape index (κ2) is 5.41. The van der Waals surface area contributed by atoms with Crippen molar-refractivity contribution in [2.24, 2.45) is 0 Å². The summed E-state index contributed by atoms with van der Waals surface area (Å²) >= 11 is 11.7. The van der Waals surface area contributed by atoms with Crippen molar-refractivity contribution in [2.75, 3.05) is 0 Å². The van der Waals surface area contributed by atoms with E-state index < -0.39 is 10.1 Å². The van der Waals surface area contributed by atoms with Crippen LogP contribution in [-0.2, 0) is 10.1 Å². The van der Waals surface area contributed by atoms with E-state index in [9.17, 15) is 8.42 Å². The van der Waals surface area contributed by atoms with Crippen LogP contribution in [0.3, 0.4) is 0 Å². The summed E-state index contributed by atoms with van der Waals surface area (Å²) in [5, 5.41) is 0.663. The third-order valence-electron chi connectivity index (χ3n) is 2.44. The van der Waals surface area contributed by atoms with Gasteiger partial charge in [-0.2, -0.15) is 8.42 Å². The second-order valence-corrected chi connectivity index (χ2v) is 6.21. The Morgan fingerprint density at radius 3 is 2.32 bits per heavy atom. The van der Waals surface area contributed by atoms with Gasteiger partial charge < -0.3 is 4.18 Å². The largest absolute Gasteiger partial charge is 0.379 e. The molecule has 0 N–H and O–H groups in total. The summed E-state index contributed by atoms with van der Waals surface area (Å²) in [6.45, 7) is 1.76. The molecule has 2 aromatic carbocycles. The lowest BCUT2D eigenvalue weighted by atomic mass is 10.2. The zero-order chi connectivity index (χ0) is 14.0. The van der Waals surface area contributed by atoms with Gasteiger partial charge in [-0.25, -0.2) is 0 Å². The lowest BCUT2D eigenvalue weighted by Gasteiger charge is -2.09. The Kier molecular flexibility index (Phi) is 4.04. The number of halogens is 2. The zero-order valence-electron chi connectivity index (χ0n) is 9.93. The minimum Gasteiger partial charge on any atom is -0.379 e. The van der Waals surface area contributed by atoms with Crippen molar-refractivity contribution in [1.29, 1.82) is 0 Å². The van der Waals surface area contributed by atoms with Crippen molar-refractivity contribution in [3.8, 4) is 5.75 Å². The zero-order valence-corrected chi connectivity index (χ0v) is 12.3. The van der Waals surface area contributed by atoms with Crippen molar-refractivity contribution < 1.29 is 12.6 Å². The normalized spacial score (nSPS) is 11.3. The second-order valence-electron chi connectivity index (χ2n) is 3.88. The van der Waals surface area contributed by atoms with Crippen LogP contribution in [0.15, 0.2) is 47.4 Å². The van der Waals surface area contributed by atoms with Crippen LogP contribution in [0.2, 0.25) is 10.0 Å². The van der Waals surface area contributed by atoms with Crippen LogP contribution in [0, 0.1) is 6.92 Å². The van der Waals surface area contributed by atoms with Gasteiger partial charge in [0.05, 0.1) is 5.02 Å². The highest BCUT2D eigenvalue weighted by Gasteiger charge is 2.19. The molecular formula is C13H10Cl2O3S. The van der Waals surface area contributed by atoms with Gasteiger partial charge in [-0.1, -0.05) is 35.3 Å². The highest BCUT2D eigenvalue weighted by Crippen LogP contribution is 2.27. The molecule has 2 aromatic rings. The van der Waals surface area contributed by atoms with Gasteiger partial charge in [-0.15, -0.1) is 0 Å². The molecule has 0 saturated carbocycles. The molecule has 19 heavy (non-hydrogen) atoms. The number of aryl methyl sites for hydroxylation is 1. The van der Waals surface area contributed by atoms with E-state index in [0.717, 1.165) is 5.56 Å². The SMILES string of the molecule is Cc1cc(OS(=O)(=O)c2ccccc2Cl)ccc1Cl. The average Bonchev–Trinajstić information content (AvgIpc) is 2.34. The summed E-state index contributed by atoms with van der Waals surface area (Å²) in [4.78, 5) is -0.0655. The summed E-state index contributed by atoms with van der Waals surface area (Å²) in [5.41, 5.74) is 0.730. The standard InChI is InChI=1S/C13H10Cl2O3S/c1-9-8-10(6-7-11(9)14)18-19(16,17)13-5-3-2-4-12(13)15/h2-8H,1H3. The summed E-state index contributed by atoms with van der Waals surface area (Å²) < 4.78 is 29.2. The van der Waals surface area contributed by atoms with Crippen LogP contribution in [0.5, 0.6) is 5.75 Å². The molecular weight excluding hydrogens is 307 g/mol. The maximum atomic E-state index is 12.1. The molecule has 0 aromatic heterocycles. The van der Waals surface area contributed by atoms with Gasteiger partial charge in [0, 0.05) is 5.02 Å². The van der Waals surface area contributed by atoms with Crippen molar-refractivity contribution in [2.45, 2.75) is 11.8 Å². The van der Waals surface area contributed by atoms with Crippen LogP contribution in [0.1, 0.15) is 5.56 Å². The van der Waals surface area contributed by atoms with Crippen LogP contribution >= 0.6 is 23.2 Å². The van der Waals surface area contributed by atoms with E-state index in [-0.39, 0.29) is 15.7 Å². The van der Waals surface area contributed by atoms with Gasteiger partial charge in [0.25, 0.3) is 0 Å². The molecule has 0 bridgehead atoms. The first-order chi connectivity index (χ1) is 8.90. The minimum atomic E-state index is -3.95. The lowest BCUT2D eigenvalue weighted by Crippen LogP contribution is -2.10. The molecule has 0 fully saturated rings. The Labute approximate surface area is 121 Å². The van der Waals surface area contributed by atoms with E-state index in [4.69, 9.17) is 27.4 Å². The maximum absolute atomic E-state index is 12.1. The summed E-state index contributed by atoms with van der Waals surface area (Å²) in [6, 6.07) is 10.7. The Balaban J connectivity index is 2.37. The van der Waals surface area contributed by atoms with Gasteiger partial charge in [-0.05, 0) is 42.8 Å². The third kappa shape index (κ3) is 3.21.